The molecule has 0 heterocycles. The van der Waals surface area contributed by atoms with Crippen LogP contribution in [0.5, 0.6) is 5.75 Å². The van der Waals surface area contributed by atoms with Crippen LogP contribution in [0.25, 0.3) is 0 Å². The maximum Gasteiger partial charge on any atom is 0.142 e. The summed E-state index contributed by atoms with van der Waals surface area (Å²) < 4.78 is 10.9. The van der Waals surface area contributed by atoms with Gasteiger partial charge < -0.3 is 14.8 Å². The summed E-state index contributed by atoms with van der Waals surface area (Å²) in [6.45, 7) is 8.01. The van der Waals surface area contributed by atoms with E-state index in [9.17, 15) is 0 Å². The molecule has 2 atom stereocenters. The molecule has 0 aromatic heterocycles. The second kappa shape index (κ2) is 7.69. The van der Waals surface area contributed by atoms with Crippen molar-refractivity contribution in [1.82, 2.24) is 0 Å². The molecule has 2 unspecified atom stereocenters. The maximum absolute atomic E-state index is 5.87. The molecule has 0 radical (unpaired) electrons. The highest BCUT2D eigenvalue weighted by Crippen LogP contribution is 2.33. The van der Waals surface area contributed by atoms with Gasteiger partial charge in [-0.25, -0.2) is 0 Å². The fourth-order valence-electron chi connectivity index (χ4n) is 3.39. The lowest BCUT2D eigenvalue weighted by Crippen LogP contribution is -2.30. The molecule has 1 N–H and O–H groups in total. The van der Waals surface area contributed by atoms with E-state index in [1.165, 1.54) is 24.8 Å². The van der Waals surface area contributed by atoms with E-state index in [0.29, 0.717) is 19.3 Å². The van der Waals surface area contributed by atoms with Gasteiger partial charge in [-0.15, -0.1) is 0 Å². The standard InChI is InChI=1S/C18H29NO2/c1-13-5-6-17(18(12-13)21-8-7-20-4)19-16-10-14(2)9-15(3)11-16/h5-6,12,14-16,19H,7-11H2,1-4H3. The third-order valence-corrected chi connectivity index (χ3v) is 4.22. The summed E-state index contributed by atoms with van der Waals surface area (Å²) in [5.41, 5.74) is 2.33. The van der Waals surface area contributed by atoms with E-state index in [1.807, 2.05) is 0 Å². The Kier molecular flexibility index (Phi) is 5.92. The second-order valence-electron chi connectivity index (χ2n) is 6.60. The third kappa shape index (κ3) is 4.92. The largest absolute Gasteiger partial charge is 0.489 e. The highest BCUT2D eigenvalue weighted by Gasteiger charge is 2.24. The predicted octanol–water partition coefficient (Wildman–Crippen LogP) is 4.26. The van der Waals surface area contributed by atoms with Gasteiger partial charge in [0.1, 0.15) is 12.4 Å². The van der Waals surface area contributed by atoms with Crippen molar-refractivity contribution in [3.05, 3.63) is 23.8 Å². The quantitative estimate of drug-likeness (QED) is 0.795. The number of ether oxygens (including phenoxy) is 2. The van der Waals surface area contributed by atoms with Crippen LogP contribution in [0.2, 0.25) is 0 Å². The molecule has 118 valence electrons. The number of nitrogens with one attached hydrogen (secondary N) is 1. The zero-order valence-electron chi connectivity index (χ0n) is 13.8. The Labute approximate surface area is 129 Å². The number of methoxy groups -OCH3 is 1. The molecule has 1 aromatic carbocycles. The molecule has 1 aliphatic rings. The van der Waals surface area contributed by atoms with Crippen LogP contribution in [0.1, 0.15) is 38.7 Å². The summed E-state index contributed by atoms with van der Waals surface area (Å²) in [6.07, 6.45) is 3.84. The summed E-state index contributed by atoms with van der Waals surface area (Å²) in [5.74, 6) is 2.54. The molecule has 0 spiro atoms. The molecule has 1 aliphatic carbocycles. The molecular formula is C18H29NO2. The topological polar surface area (TPSA) is 30.5 Å². The van der Waals surface area contributed by atoms with Crippen molar-refractivity contribution in [2.24, 2.45) is 11.8 Å². The van der Waals surface area contributed by atoms with Gasteiger partial charge in [-0.05, 0) is 55.7 Å². The van der Waals surface area contributed by atoms with Gasteiger partial charge in [0.05, 0.1) is 12.3 Å². The molecule has 3 nitrogen and oxygen atoms in total. The fourth-order valence-corrected chi connectivity index (χ4v) is 3.39. The fraction of sp³-hybridized carbons (Fsp3) is 0.667. The zero-order chi connectivity index (χ0) is 15.2. The molecular weight excluding hydrogens is 262 g/mol. The lowest BCUT2D eigenvalue weighted by molar-refractivity contribution is 0.146. The van der Waals surface area contributed by atoms with Crippen molar-refractivity contribution in [1.29, 1.82) is 0 Å². The van der Waals surface area contributed by atoms with Crippen LogP contribution in [0.4, 0.5) is 5.69 Å². The first-order valence-corrected chi connectivity index (χ1v) is 8.07. The summed E-state index contributed by atoms with van der Waals surface area (Å²) in [7, 11) is 1.70. The van der Waals surface area contributed by atoms with Crippen LogP contribution in [-0.2, 0) is 4.74 Å². The normalized spacial score (nSPS) is 25.6. The van der Waals surface area contributed by atoms with Gasteiger partial charge >= 0.3 is 0 Å². The monoisotopic (exact) mass is 291 g/mol. The van der Waals surface area contributed by atoms with E-state index in [-0.39, 0.29) is 0 Å². The third-order valence-electron chi connectivity index (χ3n) is 4.22. The van der Waals surface area contributed by atoms with Crippen molar-refractivity contribution in [3.8, 4) is 5.75 Å². The number of rotatable bonds is 6. The zero-order valence-corrected chi connectivity index (χ0v) is 13.8. The number of benzene rings is 1. The van der Waals surface area contributed by atoms with Crippen LogP contribution in [0, 0.1) is 18.8 Å². The van der Waals surface area contributed by atoms with Crippen LogP contribution in [-0.4, -0.2) is 26.4 Å². The minimum Gasteiger partial charge on any atom is -0.489 e. The average Bonchev–Trinajstić information content (AvgIpc) is 2.41. The Balaban J connectivity index is 2.04. The van der Waals surface area contributed by atoms with Gasteiger partial charge in [-0.2, -0.15) is 0 Å². The lowest BCUT2D eigenvalue weighted by Gasteiger charge is -2.33. The predicted molar refractivity (Wildman–Crippen MR) is 88.1 cm³/mol. The average molecular weight is 291 g/mol. The molecule has 1 fully saturated rings. The highest BCUT2D eigenvalue weighted by atomic mass is 16.5. The van der Waals surface area contributed by atoms with Crippen molar-refractivity contribution in [2.75, 3.05) is 25.6 Å². The molecule has 2 rings (SSSR count). The van der Waals surface area contributed by atoms with Crippen LogP contribution in [0.3, 0.4) is 0 Å². The Bertz CT molecular complexity index is 437. The van der Waals surface area contributed by atoms with E-state index in [4.69, 9.17) is 9.47 Å². The highest BCUT2D eigenvalue weighted by molar-refractivity contribution is 5.58. The van der Waals surface area contributed by atoms with Gasteiger partial charge in [0.25, 0.3) is 0 Å². The Hall–Kier alpha value is -1.22. The SMILES string of the molecule is COCCOc1cc(C)ccc1NC1CC(C)CC(C)C1. The number of hydrogen-bond donors (Lipinski definition) is 1. The smallest absolute Gasteiger partial charge is 0.142 e. The molecule has 3 heteroatoms. The minimum atomic E-state index is 0.552. The van der Waals surface area contributed by atoms with Crippen molar-refractivity contribution in [3.63, 3.8) is 0 Å². The lowest BCUT2D eigenvalue weighted by atomic mass is 9.80. The molecule has 0 saturated heterocycles. The Morgan fingerprint density at radius 2 is 1.81 bits per heavy atom. The van der Waals surface area contributed by atoms with E-state index in [2.05, 4.69) is 44.3 Å². The van der Waals surface area contributed by atoms with Crippen LogP contribution in [0.15, 0.2) is 18.2 Å². The molecule has 0 bridgehead atoms. The van der Waals surface area contributed by atoms with E-state index in [1.54, 1.807) is 7.11 Å². The minimum absolute atomic E-state index is 0.552. The summed E-state index contributed by atoms with van der Waals surface area (Å²) >= 11 is 0. The van der Waals surface area contributed by atoms with Gasteiger partial charge in [-0.1, -0.05) is 19.9 Å². The summed E-state index contributed by atoms with van der Waals surface area (Å²) in [4.78, 5) is 0. The van der Waals surface area contributed by atoms with Crippen molar-refractivity contribution in [2.45, 2.75) is 46.1 Å². The van der Waals surface area contributed by atoms with Gasteiger partial charge in [0.2, 0.25) is 0 Å². The molecule has 1 saturated carbocycles. The van der Waals surface area contributed by atoms with Gasteiger partial charge in [-0.3, -0.25) is 0 Å². The molecule has 0 amide bonds. The Morgan fingerprint density at radius 3 is 2.48 bits per heavy atom. The summed E-state index contributed by atoms with van der Waals surface area (Å²) in [6, 6.07) is 6.94. The van der Waals surface area contributed by atoms with Gasteiger partial charge in [0, 0.05) is 13.2 Å². The van der Waals surface area contributed by atoms with E-state index in [0.717, 1.165) is 23.3 Å². The van der Waals surface area contributed by atoms with E-state index < -0.39 is 0 Å². The van der Waals surface area contributed by atoms with Crippen molar-refractivity contribution < 1.29 is 9.47 Å². The number of anilines is 1. The number of hydrogen-bond acceptors (Lipinski definition) is 3. The maximum atomic E-state index is 5.87. The Morgan fingerprint density at radius 1 is 1.10 bits per heavy atom. The summed E-state index contributed by atoms with van der Waals surface area (Å²) in [5, 5.41) is 3.70. The van der Waals surface area contributed by atoms with Crippen molar-refractivity contribution >= 4 is 5.69 Å². The van der Waals surface area contributed by atoms with Crippen LogP contribution >= 0.6 is 0 Å². The van der Waals surface area contributed by atoms with E-state index >= 15 is 0 Å². The molecule has 1 aromatic rings. The first-order chi connectivity index (χ1) is 10.1. The second-order valence-corrected chi connectivity index (χ2v) is 6.60. The first-order valence-electron chi connectivity index (χ1n) is 8.07. The first kappa shape index (κ1) is 16.2. The van der Waals surface area contributed by atoms with Crippen LogP contribution < -0.4 is 10.1 Å². The van der Waals surface area contributed by atoms with Gasteiger partial charge in [0.15, 0.2) is 0 Å². The molecule has 21 heavy (non-hydrogen) atoms. The molecule has 0 aliphatic heterocycles. The number of aryl methyl sites for hydroxylation is 1.